The predicted molar refractivity (Wildman–Crippen MR) is 84.2 cm³/mol. The number of aromatic nitrogens is 1. The molecule has 0 spiro atoms. The van der Waals surface area contributed by atoms with Crippen molar-refractivity contribution in [1.29, 1.82) is 0 Å². The number of hydrogen-bond acceptors (Lipinski definition) is 4. The van der Waals surface area contributed by atoms with Crippen molar-refractivity contribution >= 4 is 5.91 Å². The zero-order chi connectivity index (χ0) is 16.7. The van der Waals surface area contributed by atoms with E-state index in [4.69, 9.17) is 9.26 Å². The number of carbonyl (C=O) groups is 1. The molecule has 2 atom stereocenters. The maximum Gasteiger partial charge on any atom is 0.273 e. The van der Waals surface area contributed by atoms with Crippen LogP contribution in [0.4, 0.5) is 4.39 Å². The van der Waals surface area contributed by atoms with Gasteiger partial charge in [0, 0.05) is 18.6 Å². The van der Waals surface area contributed by atoms with Gasteiger partial charge in [-0.1, -0.05) is 17.3 Å². The van der Waals surface area contributed by atoms with Crippen LogP contribution in [0.2, 0.25) is 0 Å². The Morgan fingerprint density at radius 1 is 1.29 bits per heavy atom. The SMILES string of the molecule is Cc1cc(C2OCCC2NC(=O)c2cc(C3CC3)on2)ccc1F. The third kappa shape index (κ3) is 2.94. The van der Waals surface area contributed by atoms with Crippen LogP contribution in [0.25, 0.3) is 0 Å². The lowest BCUT2D eigenvalue weighted by Gasteiger charge is -2.20. The van der Waals surface area contributed by atoms with Crippen molar-refractivity contribution in [3.05, 3.63) is 52.7 Å². The van der Waals surface area contributed by atoms with E-state index in [0.717, 1.165) is 24.2 Å². The highest BCUT2D eigenvalue weighted by atomic mass is 19.1. The molecule has 2 fully saturated rings. The van der Waals surface area contributed by atoms with Gasteiger partial charge >= 0.3 is 0 Å². The van der Waals surface area contributed by atoms with Gasteiger partial charge in [-0.05, 0) is 43.4 Å². The first-order valence-corrected chi connectivity index (χ1v) is 8.27. The molecule has 1 N–H and O–H groups in total. The quantitative estimate of drug-likeness (QED) is 0.934. The highest BCUT2D eigenvalue weighted by Gasteiger charge is 2.33. The molecule has 1 aromatic heterocycles. The van der Waals surface area contributed by atoms with Crippen LogP contribution in [0.5, 0.6) is 0 Å². The molecule has 1 amide bonds. The van der Waals surface area contributed by atoms with Crippen molar-refractivity contribution in [3.8, 4) is 0 Å². The van der Waals surface area contributed by atoms with Crippen LogP contribution in [0.1, 0.15) is 58.7 Å². The maximum atomic E-state index is 13.5. The number of nitrogens with one attached hydrogen (secondary N) is 1. The fourth-order valence-corrected chi connectivity index (χ4v) is 3.11. The molecule has 1 saturated carbocycles. The molecular formula is C18H19FN2O3. The zero-order valence-corrected chi connectivity index (χ0v) is 13.4. The minimum atomic E-state index is -0.275. The number of benzene rings is 1. The third-order valence-corrected chi connectivity index (χ3v) is 4.66. The number of nitrogens with zero attached hydrogens (tertiary/aromatic N) is 1. The molecule has 1 saturated heterocycles. The fraction of sp³-hybridized carbons (Fsp3) is 0.444. The van der Waals surface area contributed by atoms with Gasteiger partial charge in [0.1, 0.15) is 17.7 Å². The van der Waals surface area contributed by atoms with Gasteiger partial charge in [0.25, 0.3) is 5.91 Å². The fourth-order valence-electron chi connectivity index (χ4n) is 3.11. The molecular weight excluding hydrogens is 311 g/mol. The summed E-state index contributed by atoms with van der Waals surface area (Å²) in [6.07, 6.45) is 2.63. The minimum absolute atomic E-state index is 0.163. The largest absolute Gasteiger partial charge is 0.371 e. The summed E-state index contributed by atoms with van der Waals surface area (Å²) in [6.45, 7) is 2.27. The van der Waals surface area contributed by atoms with E-state index in [1.54, 1.807) is 25.1 Å². The first-order valence-electron chi connectivity index (χ1n) is 8.27. The molecule has 4 rings (SSSR count). The second-order valence-electron chi connectivity index (χ2n) is 6.56. The van der Waals surface area contributed by atoms with Crippen molar-refractivity contribution in [1.82, 2.24) is 10.5 Å². The molecule has 0 bridgehead atoms. The normalized spacial score (nSPS) is 23.4. The molecule has 1 aliphatic heterocycles. The number of hydrogen-bond donors (Lipinski definition) is 1. The van der Waals surface area contributed by atoms with Gasteiger partial charge in [-0.3, -0.25) is 4.79 Å². The van der Waals surface area contributed by atoms with Crippen molar-refractivity contribution in [2.24, 2.45) is 0 Å². The Morgan fingerprint density at radius 3 is 2.88 bits per heavy atom. The molecule has 2 aromatic rings. The first kappa shape index (κ1) is 15.3. The number of aryl methyl sites for hydroxylation is 1. The van der Waals surface area contributed by atoms with Crippen LogP contribution in [-0.4, -0.2) is 23.7 Å². The van der Waals surface area contributed by atoms with Crippen molar-refractivity contribution < 1.29 is 18.4 Å². The average molecular weight is 330 g/mol. The van der Waals surface area contributed by atoms with E-state index in [2.05, 4.69) is 10.5 Å². The summed E-state index contributed by atoms with van der Waals surface area (Å²) in [6, 6.07) is 6.47. The Bertz CT molecular complexity index is 769. The van der Waals surface area contributed by atoms with E-state index in [1.165, 1.54) is 6.07 Å². The van der Waals surface area contributed by atoms with Crippen LogP contribution in [0, 0.1) is 12.7 Å². The number of rotatable bonds is 4. The van der Waals surface area contributed by atoms with E-state index in [9.17, 15) is 9.18 Å². The standard InChI is InChI=1S/C18H19FN2O3/c1-10-8-12(4-5-13(10)19)17-14(6-7-23-17)20-18(22)15-9-16(24-21-15)11-2-3-11/h4-5,8-9,11,14,17H,2-3,6-7H2,1H3,(H,20,22). The summed E-state index contributed by atoms with van der Waals surface area (Å²) >= 11 is 0. The highest BCUT2D eigenvalue weighted by molar-refractivity contribution is 5.92. The van der Waals surface area contributed by atoms with Gasteiger partial charge in [0.15, 0.2) is 5.69 Å². The van der Waals surface area contributed by atoms with E-state index in [0.29, 0.717) is 30.2 Å². The molecule has 24 heavy (non-hydrogen) atoms. The Morgan fingerprint density at radius 2 is 2.12 bits per heavy atom. The summed E-state index contributed by atoms with van der Waals surface area (Å²) in [4.78, 5) is 12.4. The molecule has 2 unspecified atom stereocenters. The van der Waals surface area contributed by atoms with Gasteiger partial charge in [0.05, 0.1) is 6.04 Å². The molecule has 1 aromatic carbocycles. The van der Waals surface area contributed by atoms with Crippen LogP contribution in [0.15, 0.2) is 28.8 Å². The van der Waals surface area contributed by atoms with E-state index in [-0.39, 0.29) is 23.9 Å². The monoisotopic (exact) mass is 330 g/mol. The van der Waals surface area contributed by atoms with Crippen molar-refractivity contribution in [3.63, 3.8) is 0 Å². The topological polar surface area (TPSA) is 64.4 Å². The summed E-state index contributed by atoms with van der Waals surface area (Å²) in [5.41, 5.74) is 1.74. The maximum absolute atomic E-state index is 13.5. The van der Waals surface area contributed by atoms with Gasteiger partial charge < -0.3 is 14.6 Å². The number of carbonyl (C=O) groups excluding carboxylic acids is 1. The Hall–Kier alpha value is -2.21. The van der Waals surface area contributed by atoms with Crippen molar-refractivity contribution in [2.45, 2.75) is 44.2 Å². The molecule has 0 radical (unpaired) electrons. The first-order chi connectivity index (χ1) is 11.6. The van der Waals surface area contributed by atoms with Gasteiger partial charge in [-0.2, -0.15) is 0 Å². The molecule has 1 aliphatic carbocycles. The van der Waals surface area contributed by atoms with E-state index in [1.807, 2.05) is 0 Å². The van der Waals surface area contributed by atoms with E-state index < -0.39 is 0 Å². The smallest absolute Gasteiger partial charge is 0.273 e. The summed E-state index contributed by atoms with van der Waals surface area (Å²) < 4.78 is 24.4. The Balaban J connectivity index is 1.47. The van der Waals surface area contributed by atoms with Crippen LogP contribution < -0.4 is 5.32 Å². The molecule has 6 heteroatoms. The van der Waals surface area contributed by atoms with Crippen LogP contribution >= 0.6 is 0 Å². The lowest BCUT2D eigenvalue weighted by molar-refractivity contribution is 0.0814. The number of amides is 1. The third-order valence-electron chi connectivity index (χ3n) is 4.66. The second-order valence-corrected chi connectivity index (χ2v) is 6.56. The van der Waals surface area contributed by atoms with Gasteiger partial charge in [0.2, 0.25) is 0 Å². The zero-order valence-electron chi connectivity index (χ0n) is 13.4. The summed E-state index contributed by atoms with van der Waals surface area (Å²) in [7, 11) is 0. The van der Waals surface area contributed by atoms with Gasteiger partial charge in [-0.25, -0.2) is 4.39 Å². The minimum Gasteiger partial charge on any atom is -0.371 e. The van der Waals surface area contributed by atoms with Gasteiger partial charge in [-0.15, -0.1) is 0 Å². The average Bonchev–Trinajstić information content (AvgIpc) is 3.11. The van der Waals surface area contributed by atoms with E-state index >= 15 is 0 Å². The second kappa shape index (κ2) is 6.02. The highest BCUT2D eigenvalue weighted by Crippen LogP contribution is 2.40. The Kier molecular flexibility index (Phi) is 3.84. The molecule has 5 nitrogen and oxygen atoms in total. The van der Waals surface area contributed by atoms with Crippen LogP contribution in [-0.2, 0) is 4.74 Å². The predicted octanol–water partition coefficient (Wildman–Crippen LogP) is 3.26. The number of ether oxygens (including phenoxy) is 1. The lowest BCUT2D eigenvalue weighted by Crippen LogP contribution is -2.37. The van der Waals surface area contributed by atoms with Crippen molar-refractivity contribution in [2.75, 3.05) is 6.61 Å². The number of halogens is 1. The Labute approximate surface area is 139 Å². The lowest BCUT2D eigenvalue weighted by atomic mass is 10.00. The molecule has 2 heterocycles. The molecule has 126 valence electrons. The summed E-state index contributed by atoms with van der Waals surface area (Å²) in [5, 5.41) is 6.84. The van der Waals surface area contributed by atoms with Crippen LogP contribution in [0.3, 0.4) is 0 Å². The molecule has 2 aliphatic rings. The summed E-state index contributed by atoms with van der Waals surface area (Å²) in [5.74, 6) is 0.704.